The molecule has 0 saturated carbocycles. The smallest absolute Gasteiger partial charge is 0.244 e. The van der Waals surface area contributed by atoms with Crippen molar-refractivity contribution in [3.63, 3.8) is 0 Å². The van der Waals surface area contributed by atoms with Crippen molar-refractivity contribution in [2.75, 3.05) is 0 Å². The first-order valence-corrected chi connectivity index (χ1v) is 7.83. The van der Waals surface area contributed by atoms with Crippen LogP contribution in [-0.4, -0.2) is 21.7 Å². The van der Waals surface area contributed by atoms with Gasteiger partial charge in [-0.1, -0.05) is 30.3 Å². The summed E-state index contributed by atoms with van der Waals surface area (Å²) >= 11 is 2.19. The number of nitrogens with one attached hydrogen (secondary N) is 1. The summed E-state index contributed by atoms with van der Waals surface area (Å²) in [6.07, 6.45) is 3.65. The molecule has 0 radical (unpaired) electrons. The number of hydrogen-bond donors (Lipinski definition) is 2. The molecule has 1 amide bonds. The fourth-order valence-corrected chi connectivity index (χ4v) is 2.84. The Labute approximate surface area is 138 Å². The van der Waals surface area contributed by atoms with Crippen molar-refractivity contribution < 1.29 is 4.79 Å². The summed E-state index contributed by atoms with van der Waals surface area (Å²) in [5.41, 5.74) is 5.62. The first-order valence-electron chi connectivity index (χ1n) is 6.75. The van der Waals surface area contributed by atoms with Gasteiger partial charge in [0.05, 0.1) is 16.3 Å². The maximum absolute atomic E-state index is 12.3. The van der Waals surface area contributed by atoms with Crippen molar-refractivity contribution in [3.05, 3.63) is 51.9 Å². The highest BCUT2D eigenvalue weighted by Gasteiger charge is 2.39. The Bertz CT molecular complexity index is 611. The third-order valence-electron chi connectivity index (χ3n) is 3.22. The Hall–Kier alpha value is -1.41. The van der Waals surface area contributed by atoms with Crippen LogP contribution in [0.2, 0.25) is 0 Å². The molecular weight excluding hydrogens is 379 g/mol. The van der Waals surface area contributed by atoms with Gasteiger partial charge in [-0.05, 0) is 42.0 Å². The lowest BCUT2D eigenvalue weighted by molar-refractivity contribution is -0.126. The molecule has 1 aromatic heterocycles. The normalized spacial score (nSPS) is 14.1. The molecule has 0 spiro atoms. The van der Waals surface area contributed by atoms with E-state index in [0.717, 1.165) is 9.13 Å². The van der Waals surface area contributed by atoms with Crippen molar-refractivity contribution in [2.45, 2.75) is 32.0 Å². The molecule has 0 aliphatic heterocycles. The number of rotatable bonds is 6. The van der Waals surface area contributed by atoms with Gasteiger partial charge >= 0.3 is 0 Å². The first-order chi connectivity index (χ1) is 9.94. The van der Waals surface area contributed by atoms with Crippen LogP contribution in [0.1, 0.15) is 19.4 Å². The van der Waals surface area contributed by atoms with Crippen LogP contribution in [0, 0.1) is 3.57 Å². The molecule has 2 rings (SSSR count). The molecule has 2 aromatic rings. The van der Waals surface area contributed by atoms with E-state index in [1.807, 2.05) is 50.4 Å². The molecule has 0 aliphatic rings. The van der Waals surface area contributed by atoms with Crippen molar-refractivity contribution >= 4 is 28.5 Å². The molecule has 5 nitrogen and oxygen atoms in total. The van der Waals surface area contributed by atoms with Gasteiger partial charge in [0, 0.05) is 12.2 Å². The number of primary amides is 1. The minimum atomic E-state index is -0.982. The lowest BCUT2D eigenvalue weighted by atomic mass is 9.88. The van der Waals surface area contributed by atoms with Gasteiger partial charge in [-0.15, -0.1) is 0 Å². The summed E-state index contributed by atoms with van der Waals surface area (Å²) in [7, 11) is 0. The molecule has 1 heterocycles. The Morgan fingerprint density at radius 2 is 2.10 bits per heavy atom. The molecule has 0 aliphatic carbocycles. The van der Waals surface area contributed by atoms with Gasteiger partial charge in [0.25, 0.3) is 0 Å². The molecule has 0 bridgehead atoms. The molecule has 112 valence electrons. The monoisotopic (exact) mass is 398 g/mol. The second-order valence-electron chi connectivity index (χ2n) is 5.29. The highest BCUT2D eigenvalue weighted by molar-refractivity contribution is 14.1. The van der Waals surface area contributed by atoms with Crippen molar-refractivity contribution in [3.8, 4) is 0 Å². The Morgan fingerprint density at radius 1 is 1.43 bits per heavy atom. The summed E-state index contributed by atoms with van der Waals surface area (Å²) in [6.45, 7) is 4.34. The topological polar surface area (TPSA) is 72.9 Å². The second-order valence-corrected chi connectivity index (χ2v) is 6.54. The molecule has 6 heteroatoms. The van der Waals surface area contributed by atoms with E-state index in [-0.39, 0.29) is 6.04 Å². The lowest BCUT2D eigenvalue weighted by Gasteiger charge is -2.34. The fourth-order valence-electron chi connectivity index (χ4n) is 2.39. The minimum absolute atomic E-state index is 0.104. The average molecular weight is 398 g/mol. The Kier molecular flexibility index (Phi) is 5.00. The summed E-state index contributed by atoms with van der Waals surface area (Å²) < 4.78 is 2.76. The van der Waals surface area contributed by atoms with E-state index < -0.39 is 11.4 Å². The molecule has 0 saturated heterocycles. The summed E-state index contributed by atoms with van der Waals surface area (Å²) in [6, 6.07) is 9.65. The zero-order chi connectivity index (χ0) is 15.5. The van der Waals surface area contributed by atoms with Crippen molar-refractivity contribution in [1.82, 2.24) is 15.1 Å². The van der Waals surface area contributed by atoms with E-state index in [1.165, 1.54) is 0 Å². The molecule has 21 heavy (non-hydrogen) atoms. The Morgan fingerprint density at radius 3 is 2.57 bits per heavy atom. The van der Waals surface area contributed by atoms with Crippen molar-refractivity contribution in [1.29, 1.82) is 0 Å². The van der Waals surface area contributed by atoms with Gasteiger partial charge in [0.1, 0.15) is 5.54 Å². The number of carbonyl (C=O) groups excluding carboxylic acids is 1. The highest BCUT2D eigenvalue weighted by Crippen LogP contribution is 2.24. The van der Waals surface area contributed by atoms with Gasteiger partial charge in [-0.2, -0.15) is 5.10 Å². The van der Waals surface area contributed by atoms with Gasteiger partial charge < -0.3 is 5.73 Å². The summed E-state index contributed by atoms with van der Waals surface area (Å²) in [4.78, 5) is 12.3. The van der Waals surface area contributed by atoms with E-state index in [2.05, 4.69) is 33.0 Å². The maximum atomic E-state index is 12.3. The zero-order valence-corrected chi connectivity index (χ0v) is 14.2. The van der Waals surface area contributed by atoms with Crippen LogP contribution in [-0.2, 0) is 16.9 Å². The van der Waals surface area contributed by atoms with Crippen LogP contribution in [0.5, 0.6) is 0 Å². The number of amides is 1. The van der Waals surface area contributed by atoms with E-state index in [4.69, 9.17) is 5.73 Å². The molecule has 1 atom stereocenters. The quantitative estimate of drug-likeness (QED) is 0.730. The summed E-state index contributed by atoms with van der Waals surface area (Å²) in [5.74, 6) is -0.409. The average Bonchev–Trinajstić information content (AvgIpc) is 2.83. The largest absolute Gasteiger partial charge is 0.368 e. The minimum Gasteiger partial charge on any atom is -0.368 e. The molecular formula is C15H19IN4O. The van der Waals surface area contributed by atoms with E-state index in [9.17, 15) is 4.79 Å². The second kappa shape index (κ2) is 6.57. The molecule has 0 fully saturated rings. The van der Waals surface area contributed by atoms with Crippen molar-refractivity contribution in [2.24, 2.45) is 5.73 Å². The van der Waals surface area contributed by atoms with Crippen LogP contribution in [0.3, 0.4) is 0 Å². The number of aromatic nitrogens is 2. The van der Waals surface area contributed by atoms with Gasteiger partial charge in [0.15, 0.2) is 0 Å². The highest BCUT2D eigenvalue weighted by atomic mass is 127. The number of carbonyl (C=O) groups is 1. The predicted octanol–water partition coefficient (Wildman–Crippen LogP) is 1.87. The SMILES string of the molecule is CC(C)NC(Cn1cc(I)cn1)(C(N)=O)c1ccccc1. The van der Waals surface area contributed by atoms with Crippen LogP contribution in [0.25, 0.3) is 0 Å². The lowest BCUT2D eigenvalue weighted by Crippen LogP contribution is -2.57. The van der Waals surface area contributed by atoms with Gasteiger partial charge in [-0.25, -0.2) is 0 Å². The number of halogens is 1. The van der Waals surface area contributed by atoms with E-state index in [1.54, 1.807) is 10.9 Å². The van der Waals surface area contributed by atoms with Gasteiger partial charge in [0.2, 0.25) is 5.91 Å². The third-order valence-corrected chi connectivity index (χ3v) is 3.78. The summed E-state index contributed by atoms with van der Waals surface area (Å²) in [5, 5.41) is 7.61. The van der Waals surface area contributed by atoms with Crippen LogP contribution >= 0.6 is 22.6 Å². The Balaban J connectivity index is 2.48. The van der Waals surface area contributed by atoms with Crippen LogP contribution < -0.4 is 11.1 Å². The number of nitrogens with two attached hydrogens (primary N) is 1. The number of benzene rings is 1. The van der Waals surface area contributed by atoms with Crippen LogP contribution in [0.15, 0.2) is 42.7 Å². The maximum Gasteiger partial charge on any atom is 0.244 e. The predicted molar refractivity (Wildman–Crippen MR) is 90.5 cm³/mol. The zero-order valence-electron chi connectivity index (χ0n) is 12.1. The fraction of sp³-hybridized carbons (Fsp3) is 0.333. The van der Waals surface area contributed by atoms with E-state index >= 15 is 0 Å². The standard InChI is InChI=1S/C15H19IN4O/c1-11(2)19-15(14(17)21,12-6-4-3-5-7-12)10-20-9-13(16)8-18-20/h3-9,11,19H,10H2,1-2H3,(H2,17,21). The molecule has 1 aromatic carbocycles. The molecule has 1 unspecified atom stereocenters. The van der Waals surface area contributed by atoms with Gasteiger partial charge in [-0.3, -0.25) is 14.8 Å². The third kappa shape index (κ3) is 3.62. The van der Waals surface area contributed by atoms with E-state index in [0.29, 0.717) is 6.54 Å². The number of nitrogens with zero attached hydrogens (tertiary/aromatic N) is 2. The van der Waals surface area contributed by atoms with Crippen LogP contribution in [0.4, 0.5) is 0 Å². The first kappa shape index (κ1) is 16.0. The molecule has 3 N–H and O–H groups in total. The number of hydrogen-bond acceptors (Lipinski definition) is 3.